The van der Waals surface area contributed by atoms with E-state index in [4.69, 9.17) is 17.3 Å². The highest BCUT2D eigenvalue weighted by Gasteiger charge is 2.25. The second kappa shape index (κ2) is 11.2. The fraction of sp³-hybridized carbons (Fsp3) is 0.350. The molecular formula is C20H26ClIN6O. The summed E-state index contributed by atoms with van der Waals surface area (Å²) in [4.78, 5) is 22.6. The first-order valence-corrected chi connectivity index (χ1v) is 9.73. The third kappa shape index (κ3) is 6.46. The number of nitrogens with two attached hydrogens (primary N) is 1. The second-order valence-corrected chi connectivity index (χ2v) is 7.05. The molecule has 1 saturated heterocycles. The predicted octanol–water partition coefficient (Wildman–Crippen LogP) is 2.79. The fourth-order valence-electron chi connectivity index (χ4n) is 3.19. The smallest absolute Gasteiger partial charge is 0.248 e. The van der Waals surface area contributed by atoms with Crippen molar-refractivity contribution in [2.24, 2.45) is 10.7 Å². The van der Waals surface area contributed by atoms with Crippen molar-refractivity contribution in [3.63, 3.8) is 0 Å². The summed E-state index contributed by atoms with van der Waals surface area (Å²) in [5.41, 5.74) is 6.77. The molecular weight excluding hydrogens is 503 g/mol. The quantitative estimate of drug-likeness (QED) is 0.304. The zero-order valence-corrected chi connectivity index (χ0v) is 19.4. The van der Waals surface area contributed by atoms with E-state index in [9.17, 15) is 4.79 Å². The Hall–Kier alpha value is -2.07. The minimum absolute atomic E-state index is 0. The van der Waals surface area contributed by atoms with Gasteiger partial charge in [-0.05, 0) is 43.2 Å². The highest BCUT2D eigenvalue weighted by Crippen LogP contribution is 2.25. The number of halogens is 2. The van der Waals surface area contributed by atoms with E-state index in [-0.39, 0.29) is 30.0 Å². The Morgan fingerprint density at radius 3 is 2.93 bits per heavy atom. The number of rotatable bonds is 6. The van der Waals surface area contributed by atoms with E-state index in [0.29, 0.717) is 17.1 Å². The fourth-order valence-corrected chi connectivity index (χ4v) is 3.43. The van der Waals surface area contributed by atoms with Gasteiger partial charge in [-0.25, -0.2) is 9.98 Å². The minimum atomic E-state index is -0.435. The van der Waals surface area contributed by atoms with E-state index < -0.39 is 5.91 Å². The van der Waals surface area contributed by atoms with Crippen LogP contribution in [0.3, 0.4) is 0 Å². The molecule has 2 heterocycles. The molecule has 1 amide bonds. The molecule has 1 aromatic heterocycles. The van der Waals surface area contributed by atoms with E-state index in [1.807, 2.05) is 31.2 Å². The number of aliphatic imine (C=N–C) groups is 1. The lowest BCUT2D eigenvalue weighted by Crippen LogP contribution is -2.44. The molecule has 1 aliphatic heterocycles. The normalized spacial score (nSPS) is 16.3. The van der Waals surface area contributed by atoms with Crippen molar-refractivity contribution >= 4 is 53.3 Å². The van der Waals surface area contributed by atoms with Gasteiger partial charge < -0.3 is 21.3 Å². The summed E-state index contributed by atoms with van der Waals surface area (Å²) in [6.45, 7) is 4.93. The van der Waals surface area contributed by atoms with Crippen LogP contribution in [0.5, 0.6) is 0 Å². The number of nitrogens with zero attached hydrogens (tertiary/aromatic N) is 3. The van der Waals surface area contributed by atoms with Crippen molar-refractivity contribution in [1.29, 1.82) is 0 Å². The van der Waals surface area contributed by atoms with Gasteiger partial charge in [0.15, 0.2) is 5.96 Å². The van der Waals surface area contributed by atoms with Crippen LogP contribution in [0.4, 0.5) is 5.82 Å². The summed E-state index contributed by atoms with van der Waals surface area (Å²) in [5, 5.41) is 7.41. The average molecular weight is 529 g/mol. The molecule has 4 N–H and O–H groups in total. The minimum Gasteiger partial charge on any atom is -0.366 e. The molecule has 1 fully saturated rings. The maximum absolute atomic E-state index is 11.3. The number of aromatic nitrogens is 1. The number of pyridine rings is 1. The first-order chi connectivity index (χ1) is 13.6. The first kappa shape index (κ1) is 23.2. The SMILES string of the molecule is CCNC(=NCc1cccc(C(N)=O)c1)NC1CCN(c2ncccc2Cl)C1.I. The van der Waals surface area contributed by atoms with Crippen molar-refractivity contribution < 1.29 is 4.79 Å². The molecule has 0 aliphatic carbocycles. The molecule has 1 aromatic carbocycles. The zero-order chi connectivity index (χ0) is 19.9. The number of amides is 1. The van der Waals surface area contributed by atoms with Crippen molar-refractivity contribution in [1.82, 2.24) is 15.6 Å². The zero-order valence-electron chi connectivity index (χ0n) is 16.3. The topological polar surface area (TPSA) is 95.6 Å². The summed E-state index contributed by atoms with van der Waals surface area (Å²) in [6, 6.07) is 11.2. The van der Waals surface area contributed by atoms with Crippen molar-refractivity contribution in [2.45, 2.75) is 25.9 Å². The maximum atomic E-state index is 11.3. The largest absolute Gasteiger partial charge is 0.366 e. The number of carbonyl (C=O) groups is 1. The molecule has 1 unspecified atom stereocenters. The van der Waals surface area contributed by atoms with Gasteiger partial charge in [0.2, 0.25) is 5.91 Å². The molecule has 1 aliphatic rings. The molecule has 29 heavy (non-hydrogen) atoms. The van der Waals surface area contributed by atoms with Gasteiger partial charge in [-0.1, -0.05) is 23.7 Å². The molecule has 1 atom stereocenters. The van der Waals surface area contributed by atoms with Gasteiger partial charge in [-0.15, -0.1) is 24.0 Å². The van der Waals surface area contributed by atoms with Gasteiger partial charge in [0, 0.05) is 37.4 Å². The Bertz CT molecular complexity index is 862. The predicted molar refractivity (Wildman–Crippen MR) is 128 cm³/mol. The summed E-state index contributed by atoms with van der Waals surface area (Å²) in [5.74, 6) is 1.12. The number of nitrogens with one attached hydrogen (secondary N) is 2. The molecule has 0 radical (unpaired) electrons. The number of benzene rings is 1. The molecule has 156 valence electrons. The number of guanidine groups is 1. The Morgan fingerprint density at radius 2 is 2.21 bits per heavy atom. The average Bonchev–Trinajstić information content (AvgIpc) is 3.15. The number of hydrogen-bond acceptors (Lipinski definition) is 4. The second-order valence-electron chi connectivity index (χ2n) is 6.64. The summed E-state index contributed by atoms with van der Waals surface area (Å²) in [6.07, 6.45) is 2.72. The third-order valence-electron chi connectivity index (χ3n) is 4.54. The van der Waals surface area contributed by atoms with Crippen LogP contribution in [0, 0.1) is 0 Å². The first-order valence-electron chi connectivity index (χ1n) is 9.36. The molecule has 0 saturated carbocycles. The molecule has 3 rings (SSSR count). The monoisotopic (exact) mass is 528 g/mol. The van der Waals surface area contributed by atoms with E-state index in [1.165, 1.54) is 0 Å². The number of hydrogen-bond donors (Lipinski definition) is 3. The lowest BCUT2D eigenvalue weighted by Gasteiger charge is -2.20. The lowest BCUT2D eigenvalue weighted by atomic mass is 10.1. The van der Waals surface area contributed by atoms with E-state index >= 15 is 0 Å². The van der Waals surface area contributed by atoms with Crippen LogP contribution in [0.2, 0.25) is 5.02 Å². The van der Waals surface area contributed by atoms with Crippen LogP contribution in [0.15, 0.2) is 47.6 Å². The van der Waals surface area contributed by atoms with Gasteiger partial charge in [-0.2, -0.15) is 0 Å². The van der Waals surface area contributed by atoms with E-state index in [0.717, 1.165) is 43.4 Å². The standard InChI is InChI=1S/C20H25ClN6O.HI/c1-2-23-20(25-12-14-5-3-6-15(11-14)18(22)28)26-16-8-10-27(13-16)19-17(21)7-4-9-24-19;/h3-7,9,11,16H,2,8,10,12-13H2,1H3,(H2,22,28)(H2,23,25,26);1H. The maximum Gasteiger partial charge on any atom is 0.248 e. The molecule has 7 nitrogen and oxygen atoms in total. The van der Waals surface area contributed by atoms with Crippen molar-refractivity contribution in [3.05, 3.63) is 58.7 Å². The molecule has 0 bridgehead atoms. The molecule has 9 heteroatoms. The third-order valence-corrected chi connectivity index (χ3v) is 4.84. The summed E-state index contributed by atoms with van der Waals surface area (Å²) in [7, 11) is 0. The number of anilines is 1. The summed E-state index contributed by atoms with van der Waals surface area (Å²) < 4.78 is 0. The Kier molecular flexibility index (Phi) is 8.97. The van der Waals surface area contributed by atoms with Crippen molar-refractivity contribution in [2.75, 3.05) is 24.5 Å². The number of carbonyl (C=O) groups excluding carboxylic acids is 1. The van der Waals surface area contributed by atoms with Gasteiger partial charge in [0.1, 0.15) is 5.82 Å². The van der Waals surface area contributed by atoms with Crippen LogP contribution in [0.1, 0.15) is 29.3 Å². The highest BCUT2D eigenvalue weighted by molar-refractivity contribution is 14.0. The van der Waals surface area contributed by atoms with Gasteiger partial charge in [0.05, 0.1) is 11.6 Å². The highest BCUT2D eigenvalue weighted by atomic mass is 127. The van der Waals surface area contributed by atoms with Gasteiger partial charge in [-0.3, -0.25) is 4.79 Å². The summed E-state index contributed by atoms with van der Waals surface area (Å²) >= 11 is 6.27. The Labute approximate surface area is 193 Å². The Balaban J connectivity index is 0.00000300. The Morgan fingerprint density at radius 1 is 1.38 bits per heavy atom. The van der Waals surface area contributed by atoms with E-state index in [2.05, 4.69) is 25.5 Å². The van der Waals surface area contributed by atoms with Crippen LogP contribution in [-0.4, -0.2) is 42.5 Å². The van der Waals surface area contributed by atoms with E-state index in [1.54, 1.807) is 18.3 Å². The van der Waals surface area contributed by atoms with Crippen LogP contribution >= 0.6 is 35.6 Å². The van der Waals surface area contributed by atoms with Crippen LogP contribution in [0.25, 0.3) is 0 Å². The number of primary amides is 1. The van der Waals surface area contributed by atoms with Crippen LogP contribution < -0.4 is 21.3 Å². The van der Waals surface area contributed by atoms with Crippen LogP contribution in [-0.2, 0) is 6.54 Å². The van der Waals surface area contributed by atoms with Crippen molar-refractivity contribution in [3.8, 4) is 0 Å². The van der Waals surface area contributed by atoms with Gasteiger partial charge >= 0.3 is 0 Å². The molecule has 0 spiro atoms. The lowest BCUT2D eigenvalue weighted by molar-refractivity contribution is 0.1000. The van der Waals surface area contributed by atoms with Gasteiger partial charge in [0.25, 0.3) is 0 Å². The molecule has 2 aromatic rings.